The first-order valence-electron chi connectivity index (χ1n) is 9.57. The summed E-state index contributed by atoms with van der Waals surface area (Å²) in [4.78, 5) is 36.2. The Hall–Kier alpha value is -2.57. The Morgan fingerprint density at radius 1 is 1.07 bits per heavy atom. The number of rotatable bonds is 7. The lowest BCUT2D eigenvalue weighted by Crippen LogP contribution is -2.48. The maximum atomic E-state index is 12.5. The number of carboxylic acids is 1. The van der Waals surface area contributed by atoms with E-state index in [1.165, 1.54) is 0 Å². The van der Waals surface area contributed by atoms with E-state index in [2.05, 4.69) is 17.8 Å². The molecule has 1 aromatic rings. The highest BCUT2D eigenvalue weighted by atomic mass is 16.5. The number of carboxylic acid groups (broad SMARTS) is 1. The summed E-state index contributed by atoms with van der Waals surface area (Å²) >= 11 is 0. The Bertz CT molecular complexity index is 703. The first kappa shape index (κ1) is 19.2. The van der Waals surface area contributed by atoms with Crippen molar-refractivity contribution in [1.82, 2.24) is 10.9 Å². The fourth-order valence-electron chi connectivity index (χ4n) is 4.33. The topological polar surface area (TPSA) is 105 Å². The van der Waals surface area contributed by atoms with Crippen LogP contribution < -0.4 is 15.6 Å². The van der Waals surface area contributed by atoms with Gasteiger partial charge in [0.15, 0.2) is 0 Å². The Kier molecular flexibility index (Phi) is 5.98. The van der Waals surface area contributed by atoms with E-state index < -0.39 is 29.6 Å². The van der Waals surface area contributed by atoms with Crippen molar-refractivity contribution in [3.63, 3.8) is 0 Å². The molecule has 1 aromatic carbocycles. The van der Waals surface area contributed by atoms with E-state index >= 15 is 0 Å². The molecule has 2 bridgehead atoms. The Balaban J connectivity index is 1.53. The van der Waals surface area contributed by atoms with Gasteiger partial charge in [-0.15, -0.1) is 0 Å². The van der Waals surface area contributed by atoms with Crippen LogP contribution in [0.1, 0.15) is 49.4 Å². The van der Waals surface area contributed by atoms with Crippen LogP contribution in [-0.2, 0) is 9.59 Å². The van der Waals surface area contributed by atoms with Gasteiger partial charge in [-0.2, -0.15) is 0 Å². The minimum Gasteiger partial charge on any atom is -0.494 e. The molecule has 0 radical (unpaired) electrons. The lowest BCUT2D eigenvalue weighted by atomic mass is 9.79. The van der Waals surface area contributed by atoms with Crippen molar-refractivity contribution in [1.29, 1.82) is 0 Å². The predicted octanol–water partition coefficient (Wildman–Crippen LogP) is 2.37. The number of carbonyl (C=O) groups excluding carboxylic acids is 2. The van der Waals surface area contributed by atoms with Crippen molar-refractivity contribution in [3.05, 3.63) is 29.8 Å². The Morgan fingerprint density at radius 2 is 1.74 bits per heavy atom. The van der Waals surface area contributed by atoms with Gasteiger partial charge in [-0.05, 0) is 61.8 Å². The van der Waals surface area contributed by atoms with Gasteiger partial charge in [0, 0.05) is 5.56 Å². The number of nitrogens with one attached hydrogen (secondary N) is 2. The predicted molar refractivity (Wildman–Crippen MR) is 97.9 cm³/mol. The van der Waals surface area contributed by atoms with Crippen molar-refractivity contribution >= 4 is 17.8 Å². The van der Waals surface area contributed by atoms with Crippen molar-refractivity contribution in [2.45, 2.75) is 39.0 Å². The summed E-state index contributed by atoms with van der Waals surface area (Å²) in [6, 6.07) is 6.67. The molecule has 7 nitrogen and oxygen atoms in total. The fourth-order valence-corrected chi connectivity index (χ4v) is 4.33. The normalized spacial score (nSPS) is 25.8. The number of unbranched alkanes of at least 4 members (excludes halogenated alkanes) is 1. The van der Waals surface area contributed by atoms with Gasteiger partial charge < -0.3 is 9.84 Å². The van der Waals surface area contributed by atoms with Crippen LogP contribution in [0.5, 0.6) is 5.75 Å². The van der Waals surface area contributed by atoms with Crippen LogP contribution in [0.25, 0.3) is 0 Å². The monoisotopic (exact) mass is 374 g/mol. The summed E-state index contributed by atoms with van der Waals surface area (Å²) in [5.41, 5.74) is 5.20. The molecule has 2 aliphatic rings. The number of fused-ring (bicyclic) bond motifs is 2. The van der Waals surface area contributed by atoms with Crippen LogP contribution in [0.4, 0.5) is 0 Å². The van der Waals surface area contributed by atoms with Crippen LogP contribution in [0, 0.1) is 23.7 Å². The molecular weight excluding hydrogens is 348 g/mol. The molecular formula is C20H26N2O5. The molecule has 0 saturated heterocycles. The van der Waals surface area contributed by atoms with Gasteiger partial charge in [0.25, 0.3) is 5.91 Å². The molecule has 0 aromatic heterocycles. The van der Waals surface area contributed by atoms with E-state index in [0.717, 1.165) is 32.1 Å². The zero-order valence-electron chi connectivity index (χ0n) is 15.4. The molecule has 7 heteroatoms. The molecule has 0 heterocycles. The first-order valence-corrected chi connectivity index (χ1v) is 9.57. The largest absolute Gasteiger partial charge is 0.494 e. The minimum absolute atomic E-state index is 0.0687. The summed E-state index contributed by atoms with van der Waals surface area (Å²) in [5.74, 6) is -2.16. The van der Waals surface area contributed by atoms with Crippen molar-refractivity contribution in [3.8, 4) is 5.75 Å². The van der Waals surface area contributed by atoms with Gasteiger partial charge in [0.05, 0.1) is 18.4 Å². The van der Waals surface area contributed by atoms with Crippen LogP contribution in [0.15, 0.2) is 24.3 Å². The molecule has 2 saturated carbocycles. The van der Waals surface area contributed by atoms with Gasteiger partial charge in [0.2, 0.25) is 5.91 Å². The highest BCUT2D eigenvalue weighted by Crippen LogP contribution is 2.52. The third-order valence-corrected chi connectivity index (χ3v) is 5.69. The van der Waals surface area contributed by atoms with E-state index in [1.54, 1.807) is 24.3 Å². The average Bonchev–Trinajstić information content (AvgIpc) is 3.28. The third-order valence-electron chi connectivity index (χ3n) is 5.69. The van der Waals surface area contributed by atoms with E-state index in [4.69, 9.17) is 4.74 Å². The van der Waals surface area contributed by atoms with E-state index in [9.17, 15) is 19.5 Å². The number of benzene rings is 1. The summed E-state index contributed by atoms with van der Waals surface area (Å²) in [6.07, 6.45) is 4.53. The second-order valence-corrected chi connectivity index (χ2v) is 7.39. The van der Waals surface area contributed by atoms with Gasteiger partial charge >= 0.3 is 5.97 Å². The first-order chi connectivity index (χ1) is 13.0. The quantitative estimate of drug-likeness (QED) is 0.502. The molecule has 3 rings (SSSR count). The lowest BCUT2D eigenvalue weighted by molar-refractivity contribution is -0.149. The molecule has 0 unspecified atom stereocenters. The minimum atomic E-state index is -0.924. The zero-order chi connectivity index (χ0) is 19.4. The van der Waals surface area contributed by atoms with Crippen LogP contribution in [0.3, 0.4) is 0 Å². The van der Waals surface area contributed by atoms with E-state index in [0.29, 0.717) is 17.9 Å². The SMILES string of the molecule is CCCCOc1ccc(C(=O)NNC(=O)[C@H]2[C@H]3CC[C@@H](C3)[C@H]2C(=O)O)cc1. The highest BCUT2D eigenvalue weighted by molar-refractivity contribution is 5.96. The van der Waals surface area contributed by atoms with Gasteiger partial charge in [-0.25, -0.2) is 0 Å². The number of hydrazine groups is 1. The van der Waals surface area contributed by atoms with Crippen molar-refractivity contribution in [2.24, 2.45) is 23.7 Å². The molecule has 146 valence electrons. The smallest absolute Gasteiger partial charge is 0.307 e. The van der Waals surface area contributed by atoms with Crippen LogP contribution in [0.2, 0.25) is 0 Å². The zero-order valence-corrected chi connectivity index (χ0v) is 15.4. The summed E-state index contributed by atoms with van der Waals surface area (Å²) in [5, 5.41) is 9.43. The number of hydrogen-bond acceptors (Lipinski definition) is 4. The number of hydrogen-bond donors (Lipinski definition) is 3. The molecule has 2 fully saturated rings. The Morgan fingerprint density at radius 3 is 2.37 bits per heavy atom. The van der Waals surface area contributed by atoms with Gasteiger partial charge in [0.1, 0.15) is 5.75 Å². The fraction of sp³-hybridized carbons (Fsp3) is 0.550. The maximum Gasteiger partial charge on any atom is 0.307 e. The number of carbonyl (C=O) groups is 3. The Labute approximate surface area is 158 Å². The number of aliphatic carboxylic acids is 1. The second-order valence-electron chi connectivity index (χ2n) is 7.39. The van der Waals surface area contributed by atoms with E-state index in [1.807, 2.05) is 0 Å². The molecule has 0 aliphatic heterocycles. The summed E-state index contributed by atoms with van der Waals surface area (Å²) in [7, 11) is 0. The van der Waals surface area contributed by atoms with Gasteiger partial charge in [-0.1, -0.05) is 13.3 Å². The molecule has 2 amide bonds. The van der Waals surface area contributed by atoms with E-state index in [-0.39, 0.29) is 11.8 Å². The molecule has 4 atom stereocenters. The highest BCUT2D eigenvalue weighted by Gasteiger charge is 2.54. The van der Waals surface area contributed by atoms with Gasteiger partial charge in [-0.3, -0.25) is 25.2 Å². The average molecular weight is 374 g/mol. The molecule has 2 aliphatic carbocycles. The van der Waals surface area contributed by atoms with Crippen molar-refractivity contribution in [2.75, 3.05) is 6.61 Å². The molecule has 27 heavy (non-hydrogen) atoms. The molecule has 3 N–H and O–H groups in total. The molecule has 0 spiro atoms. The third kappa shape index (κ3) is 4.23. The maximum absolute atomic E-state index is 12.5. The number of ether oxygens (including phenoxy) is 1. The standard InChI is InChI=1S/C20H26N2O5/c1-2-3-10-27-15-8-6-12(7-9-15)18(23)21-22-19(24)16-13-4-5-14(11-13)17(16)20(25)26/h6-9,13-14,16-17H,2-5,10-11H2,1H3,(H,21,23)(H,22,24)(H,25,26)/t13-,14-,16-,17+/m0/s1. The summed E-state index contributed by atoms with van der Waals surface area (Å²) in [6.45, 7) is 2.72. The summed E-state index contributed by atoms with van der Waals surface area (Å²) < 4.78 is 5.55. The second kappa shape index (κ2) is 8.41. The lowest BCUT2D eigenvalue weighted by Gasteiger charge is -2.26. The van der Waals surface area contributed by atoms with Crippen LogP contribution in [-0.4, -0.2) is 29.5 Å². The number of amides is 2. The van der Waals surface area contributed by atoms with Crippen molar-refractivity contribution < 1.29 is 24.2 Å². The van der Waals surface area contributed by atoms with Crippen LogP contribution >= 0.6 is 0 Å².